The van der Waals surface area contributed by atoms with Crippen LogP contribution in [-0.4, -0.2) is 31.6 Å². The Labute approximate surface area is 127 Å². The fourth-order valence-corrected chi connectivity index (χ4v) is 3.28. The molecule has 5 nitrogen and oxygen atoms in total. The summed E-state index contributed by atoms with van der Waals surface area (Å²) >= 11 is 0. The van der Waals surface area contributed by atoms with Crippen LogP contribution in [0.3, 0.4) is 0 Å². The molecule has 1 rings (SSSR count). The lowest BCUT2D eigenvalue weighted by Crippen LogP contribution is -2.27. The smallest absolute Gasteiger partial charge is 0.220 e. The number of hydrogen-bond donors (Lipinski definition) is 1. The fraction of sp³-hybridized carbons (Fsp3) is 0.600. The quantitative estimate of drug-likeness (QED) is 0.836. The third-order valence-electron chi connectivity index (χ3n) is 2.92. The van der Waals surface area contributed by atoms with E-state index in [9.17, 15) is 13.2 Å². The highest BCUT2D eigenvalue weighted by Gasteiger charge is 2.17. The highest BCUT2D eigenvalue weighted by Crippen LogP contribution is 2.13. The van der Waals surface area contributed by atoms with Crippen LogP contribution in [-0.2, 0) is 14.6 Å². The van der Waals surface area contributed by atoms with Crippen molar-refractivity contribution in [2.75, 3.05) is 12.3 Å². The van der Waals surface area contributed by atoms with Gasteiger partial charge >= 0.3 is 0 Å². The molecule has 0 spiro atoms. The van der Waals surface area contributed by atoms with E-state index in [0.717, 1.165) is 5.56 Å². The second kappa shape index (κ2) is 7.54. The van der Waals surface area contributed by atoms with E-state index in [2.05, 4.69) is 10.3 Å². The molecule has 0 radical (unpaired) electrons. The van der Waals surface area contributed by atoms with Crippen LogP contribution in [0, 0.1) is 19.8 Å². The van der Waals surface area contributed by atoms with E-state index in [0.29, 0.717) is 24.6 Å². The Morgan fingerprint density at radius 3 is 2.52 bits per heavy atom. The Hall–Kier alpha value is -1.43. The molecular formula is C15H24N2O3S. The van der Waals surface area contributed by atoms with Crippen molar-refractivity contribution in [1.82, 2.24) is 10.3 Å². The van der Waals surface area contributed by atoms with Crippen LogP contribution in [0.2, 0.25) is 0 Å². The normalized spacial score (nSPS) is 11.7. The highest BCUT2D eigenvalue weighted by molar-refractivity contribution is 7.91. The minimum atomic E-state index is -3.42. The number of aryl methyl sites for hydroxylation is 2. The van der Waals surface area contributed by atoms with Crippen molar-refractivity contribution in [3.05, 3.63) is 23.4 Å². The molecule has 1 amide bonds. The first kappa shape index (κ1) is 17.6. The summed E-state index contributed by atoms with van der Waals surface area (Å²) in [4.78, 5) is 15.6. The fourth-order valence-electron chi connectivity index (χ4n) is 1.90. The van der Waals surface area contributed by atoms with Crippen molar-refractivity contribution in [2.24, 2.45) is 5.92 Å². The van der Waals surface area contributed by atoms with Gasteiger partial charge in [-0.25, -0.2) is 13.4 Å². The molecule has 0 bridgehead atoms. The summed E-state index contributed by atoms with van der Waals surface area (Å²) in [5.41, 5.74) is 1.55. The number of nitrogens with one attached hydrogen (secondary N) is 1. The molecule has 6 heteroatoms. The zero-order chi connectivity index (χ0) is 16.0. The van der Waals surface area contributed by atoms with Gasteiger partial charge < -0.3 is 5.32 Å². The molecule has 0 aliphatic carbocycles. The summed E-state index contributed by atoms with van der Waals surface area (Å²) in [7, 11) is -3.42. The molecule has 1 heterocycles. The minimum absolute atomic E-state index is 0.0575. The van der Waals surface area contributed by atoms with Gasteiger partial charge in [0, 0.05) is 18.7 Å². The Morgan fingerprint density at radius 1 is 1.29 bits per heavy atom. The molecule has 0 saturated heterocycles. The summed E-state index contributed by atoms with van der Waals surface area (Å²) < 4.78 is 24.4. The van der Waals surface area contributed by atoms with Crippen LogP contribution in [0.5, 0.6) is 0 Å². The highest BCUT2D eigenvalue weighted by atomic mass is 32.2. The number of pyridine rings is 1. The van der Waals surface area contributed by atoms with Crippen molar-refractivity contribution in [1.29, 1.82) is 0 Å². The van der Waals surface area contributed by atoms with Gasteiger partial charge in [0.1, 0.15) is 0 Å². The second-order valence-corrected chi connectivity index (χ2v) is 7.80. The van der Waals surface area contributed by atoms with Crippen LogP contribution >= 0.6 is 0 Å². The molecule has 118 valence electrons. The molecule has 21 heavy (non-hydrogen) atoms. The summed E-state index contributed by atoms with van der Waals surface area (Å²) in [6.07, 6.45) is 0.525. The predicted octanol–water partition coefficient (Wildman–Crippen LogP) is 2.02. The van der Waals surface area contributed by atoms with Crippen LogP contribution in [0.15, 0.2) is 17.2 Å². The molecule has 0 aliphatic heterocycles. The lowest BCUT2D eigenvalue weighted by atomic mass is 10.2. The van der Waals surface area contributed by atoms with E-state index in [4.69, 9.17) is 0 Å². The number of carbonyl (C=O) groups is 1. The molecule has 1 N–H and O–H groups in total. The summed E-state index contributed by atoms with van der Waals surface area (Å²) in [6.45, 7) is 8.25. The average molecular weight is 312 g/mol. The maximum atomic E-state index is 12.2. The van der Waals surface area contributed by atoms with Gasteiger partial charge in [-0.15, -0.1) is 0 Å². The van der Waals surface area contributed by atoms with E-state index in [1.807, 2.05) is 26.8 Å². The standard InChI is InChI=1S/C15H24N2O3S/c1-11(2)10-16-14(18)6-5-7-21(19,20)15-9-12(3)8-13(4)17-15/h8-9,11H,5-7,10H2,1-4H3,(H,16,18). The number of sulfone groups is 1. The van der Waals surface area contributed by atoms with Gasteiger partial charge in [0.25, 0.3) is 0 Å². The number of aromatic nitrogens is 1. The van der Waals surface area contributed by atoms with E-state index < -0.39 is 9.84 Å². The Morgan fingerprint density at radius 2 is 1.95 bits per heavy atom. The molecular weight excluding hydrogens is 288 g/mol. The maximum absolute atomic E-state index is 12.2. The zero-order valence-electron chi connectivity index (χ0n) is 13.1. The second-order valence-electron chi connectivity index (χ2n) is 5.74. The number of nitrogens with zero attached hydrogens (tertiary/aromatic N) is 1. The monoisotopic (exact) mass is 312 g/mol. The molecule has 0 aliphatic rings. The van der Waals surface area contributed by atoms with E-state index in [1.54, 1.807) is 13.0 Å². The summed E-state index contributed by atoms with van der Waals surface area (Å²) in [5, 5.41) is 2.88. The van der Waals surface area contributed by atoms with Crippen LogP contribution in [0.25, 0.3) is 0 Å². The molecule has 1 aromatic heterocycles. The zero-order valence-corrected chi connectivity index (χ0v) is 14.0. The minimum Gasteiger partial charge on any atom is -0.356 e. The Bertz CT molecular complexity index is 575. The molecule has 0 saturated carbocycles. The Balaban J connectivity index is 2.55. The van der Waals surface area contributed by atoms with Crippen molar-refractivity contribution >= 4 is 15.7 Å². The van der Waals surface area contributed by atoms with Crippen molar-refractivity contribution in [2.45, 2.75) is 45.6 Å². The van der Waals surface area contributed by atoms with E-state index in [-0.39, 0.29) is 23.1 Å². The number of amides is 1. The molecule has 0 unspecified atom stereocenters. The van der Waals surface area contributed by atoms with E-state index >= 15 is 0 Å². The predicted molar refractivity (Wildman–Crippen MR) is 82.8 cm³/mol. The lowest BCUT2D eigenvalue weighted by Gasteiger charge is -2.08. The van der Waals surface area contributed by atoms with Gasteiger partial charge in [-0.1, -0.05) is 13.8 Å². The molecule has 1 aromatic rings. The van der Waals surface area contributed by atoms with Crippen molar-refractivity contribution < 1.29 is 13.2 Å². The van der Waals surface area contributed by atoms with Crippen LogP contribution in [0.1, 0.15) is 37.9 Å². The molecule has 0 fully saturated rings. The van der Waals surface area contributed by atoms with Gasteiger partial charge in [0.05, 0.1) is 5.75 Å². The third kappa shape index (κ3) is 6.25. The van der Waals surface area contributed by atoms with Gasteiger partial charge in [-0.05, 0) is 43.9 Å². The lowest BCUT2D eigenvalue weighted by molar-refractivity contribution is -0.121. The molecule has 0 atom stereocenters. The Kier molecular flexibility index (Phi) is 6.33. The van der Waals surface area contributed by atoms with Crippen LogP contribution in [0.4, 0.5) is 0 Å². The van der Waals surface area contributed by atoms with Gasteiger partial charge in [-0.3, -0.25) is 4.79 Å². The number of hydrogen-bond acceptors (Lipinski definition) is 4. The number of rotatable bonds is 7. The summed E-state index contributed by atoms with van der Waals surface area (Å²) in [6, 6.07) is 3.40. The molecule has 0 aromatic carbocycles. The first-order chi connectivity index (χ1) is 9.70. The first-order valence-corrected chi connectivity index (χ1v) is 8.80. The SMILES string of the molecule is Cc1cc(C)nc(S(=O)(=O)CCCC(=O)NCC(C)C)c1. The van der Waals surface area contributed by atoms with Crippen molar-refractivity contribution in [3.8, 4) is 0 Å². The topological polar surface area (TPSA) is 76.1 Å². The summed E-state index contributed by atoms with van der Waals surface area (Å²) in [5.74, 6) is 0.224. The van der Waals surface area contributed by atoms with Gasteiger partial charge in [0.15, 0.2) is 14.9 Å². The largest absolute Gasteiger partial charge is 0.356 e. The van der Waals surface area contributed by atoms with Crippen LogP contribution < -0.4 is 5.32 Å². The van der Waals surface area contributed by atoms with E-state index in [1.165, 1.54) is 0 Å². The average Bonchev–Trinajstić information content (AvgIpc) is 2.35. The van der Waals surface area contributed by atoms with Gasteiger partial charge in [0.2, 0.25) is 5.91 Å². The third-order valence-corrected chi connectivity index (χ3v) is 4.59. The maximum Gasteiger partial charge on any atom is 0.220 e. The number of carbonyl (C=O) groups excluding carboxylic acids is 1. The van der Waals surface area contributed by atoms with Gasteiger partial charge in [-0.2, -0.15) is 0 Å². The first-order valence-electron chi connectivity index (χ1n) is 7.15. The van der Waals surface area contributed by atoms with Crippen molar-refractivity contribution in [3.63, 3.8) is 0 Å².